The number of amides is 1. The first kappa shape index (κ1) is 16.5. The maximum Gasteiger partial charge on any atom is 0.253 e. The molecule has 1 atom stereocenters. The molecule has 23 heavy (non-hydrogen) atoms. The zero-order chi connectivity index (χ0) is 16.8. The molecule has 5 nitrogen and oxygen atoms in total. The van der Waals surface area contributed by atoms with Crippen LogP contribution in [0.3, 0.4) is 0 Å². The van der Waals surface area contributed by atoms with E-state index in [2.05, 4.69) is 5.32 Å². The minimum Gasteiger partial charge on any atom is -0.497 e. The van der Waals surface area contributed by atoms with Crippen molar-refractivity contribution >= 4 is 5.91 Å². The number of methoxy groups -OCH3 is 1. The number of halogens is 1. The molecule has 0 aliphatic carbocycles. The van der Waals surface area contributed by atoms with Crippen LogP contribution in [-0.2, 0) is 11.3 Å². The summed E-state index contributed by atoms with van der Waals surface area (Å²) in [6, 6.07) is 12.3. The zero-order valence-electron chi connectivity index (χ0n) is 12.4. The van der Waals surface area contributed by atoms with Crippen LogP contribution in [0.15, 0.2) is 42.5 Å². The first-order valence-electron chi connectivity index (χ1n) is 6.83. The van der Waals surface area contributed by atoms with Crippen LogP contribution in [0.2, 0.25) is 0 Å². The summed E-state index contributed by atoms with van der Waals surface area (Å²) in [6.07, 6.45) is -1.38. The van der Waals surface area contributed by atoms with Crippen molar-refractivity contribution in [3.8, 4) is 11.8 Å². The lowest BCUT2D eigenvalue weighted by atomic mass is 10.1. The van der Waals surface area contributed by atoms with Gasteiger partial charge in [-0.25, -0.2) is 4.39 Å². The second kappa shape index (κ2) is 7.38. The maximum atomic E-state index is 13.7. The molecule has 0 aliphatic heterocycles. The van der Waals surface area contributed by atoms with Crippen molar-refractivity contribution in [2.24, 2.45) is 0 Å². The average molecular weight is 314 g/mol. The standard InChI is InChI=1S/C17H15FN2O3/c1-23-14-4-2-3-12(8-14)16(21)17(22)20-10-13-6-5-11(9-19)7-15(13)18/h2-8,16,21H,10H2,1H3,(H,20,22). The third kappa shape index (κ3) is 4.05. The number of aliphatic hydroxyl groups is 1. The lowest BCUT2D eigenvalue weighted by Crippen LogP contribution is -2.29. The van der Waals surface area contributed by atoms with Gasteiger partial charge in [0.15, 0.2) is 6.10 Å². The number of hydrogen-bond acceptors (Lipinski definition) is 4. The molecule has 2 aromatic rings. The normalized spacial score (nSPS) is 11.4. The molecule has 118 valence electrons. The number of nitriles is 1. The van der Waals surface area contributed by atoms with Crippen molar-refractivity contribution < 1.29 is 19.0 Å². The zero-order valence-corrected chi connectivity index (χ0v) is 12.4. The molecule has 2 aromatic carbocycles. The molecule has 0 saturated carbocycles. The smallest absolute Gasteiger partial charge is 0.253 e. The predicted molar refractivity (Wildman–Crippen MR) is 80.9 cm³/mol. The van der Waals surface area contributed by atoms with E-state index in [0.717, 1.165) is 6.07 Å². The molecular weight excluding hydrogens is 299 g/mol. The van der Waals surface area contributed by atoms with Crippen LogP contribution in [0.5, 0.6) is 5.75 Å². The lowest BCUT2D eigenvalue weighted by Gasteiger charge is -2.13. The van der Waals surface area contributed by atoms with Crippen molar-refractivity contribution in [1.82, 2.24) is 5.32 Å². The van der Waals surface area contributed by atoms with Gasteiger partial charge in [0.25, 0.3) is 5.91 Å². The van der Waals surface area contributed by atoms with E-state index in [4.69, 9.17) is 10.00 Å². The van der Waals surface area contributed by atoms with Gasteiger partial charge in [-0.3, -0.25) is 4.79 Å². The third-order valence-corrected chi connectivity index (χ3v) is 3.29. The maximum absolute atomic E-state index is 13.7. The molecule has 0 aromatic heterocycles. The number of nitrogens with one attached hydrogen (secondary N) is 1. The van der Waals surface area contributed by atoms with Crippen LogP contribution in [0.25, 0.3) is 0 Å². The SMILES string of the molecule is COc1cccc(C(O)C(=O)NCc2ccc(C#N)cc2F)c1. The average Bonchev–Trinajstić information content (AvgIpc) is 2.59. The summed E-state index contributed by atoms with van der Waals surface area (Å²) in [7, 11) is 1.49. The van der Waals surface area contributed by atoms with Gasteiger partial charge in [-0.15, -0.1) is 0 Å². The fraction of sp³-hybridized carbons (Fsp3) is 0.176. The molecule has 1 unspecified atom stereocenters. The van der Waals surface area contributed by atoms with E-state index in [1.165, 1.54) is 19.2 Å². The molecule has 2 rings (SSSR count). The topological polar surface area (TPSA) is 82.3 Å². The lowest BCUT2D eigenvalue weighted by molar-refractivity contribution is -0.129. The number of aliphatic hydroxyl groups excluding tert-OH is 1. The summed E-state index contributed by atoms with van der Waals surface area (Å²) in [5.41, 5.74) is 0.811. The predicted octanol–water partition coefficient (Wildman–Crippen LogP) is 2.06. The monoisotopic (exact) mass is 314 g/mol. The van der Waals surface area contributed by atoms with Gasteiger partial charge in [0.05, 0.1) is 18.7 Å². The Morgan fingerprint density at radius 1 is 1.39 bits per heavy atom. The van der Waals surface area contributed by atoms with Crippen LogP contribution in [0.4, 0.5) is 4.39 Å². The molecule has 0 spiro atoms. The second-order valence-electron chi connectivity index (χ2n) is 4.81. The second-order valence-corrected chi connectivity index (χ2v) is 4.81. The number of carbonyl (C=O) groups is 1. The number of carbonyl (C=O) groups excluding carboxylic acids is 1. The molecule has 0 aliphatic rings. The minimum atomic E-state index is -1.38. The number of benzene rings is 2. The number of nitrogens with zero attached hydrogens (tertiary/aromatic N) is 1. The van der Waals surface area contributed by atoms with Crippen LogP contribution < -0.4 is 10.1 Å². The Morgan fingerprint density at radius 2 is 2.17 bits per heavy atom. The summed E-state index contributed by atoms with van der Waals surface area (Å²) in [5, 5.41) is 21.2. The van der Waals surface area contributed by atoms with Gasteiger partial charge in [-0.1, -0.05) is 18.2 Å². The summed E-state index contributed by atoms with van der Waals surface area (Å²) >= 11 is 0. The Bertz CT molecular complexity index is 756. The first-order chi connectivity index (χ1) is 11.0. The molecule has 0 radical (unpaired) electrons. The van der Waals surface area contributed by atoms with Gasteiger partial charge in [0, 0.05) is 12.1 Å². The fourth-order valence-corrected chi connectivity index (χ4v) is 2.00. The summed E-state index contributed by atoms with van der Waals surface area (Å²) in [4.78, 5) is 12.0. The number of ether oxygens (including phenoxy) is 1. The Hall–Kier alpha value is -2.91. The number of rotatable bonds is 5. The minimum absolute atomic E-state index is 0.0859. The highest BCUT2D eigenvalue weighted by atomic mass is 19.1. The molecule has 6 heteroatoms. The molecule has 0 fully saturated rings. The molecule has 0 heterocycles. The quantitative estimate of drug-likeness (QED) is 0.885. The fourth-order valence-electron chi connectivity index (χ4n) is 2.00. The van der Waals surface area contributed by atoms with Gasteiger partial charge in [0.2, 0.25) is 0 Å². The summed E-state index contributed by atoms with van der Waals surface area (Å²) in [5.74, 6) is -0.713. The van der Waals surface area contributed by atoms with E-state index in [1.54, 1.807) is 24.3 Å². The summed E-state index contributed by atoms with van der Waals surface area (Å²) < 4.78 is 18.8. The van der Waals surface area contributed by atoms with Crippen molar-refractivity contribution in [3.05, 3.63) is 65.0 Å². The Kier molecular flexibility index (Phi) is 5.28. The van der Waals surface area contributed by atoms with E-state index in [1.807, 2.05) is 6.07 Å². The van der Waals surface area contributed by atoms with Gasteiger partial charge >= 0.3 is 0 Å². The third-order valence-electron chi connectivity index (χ3n) is 3.29. The molecule has 0 bridgehead atoms. The largest absolute Gasteiger partial charge is 0.497 e. The van der Waals surface area contributed by atoms with E-state index >= 15 is 0 Å². The van der Waals surface area contributed by atoms with Gasteiger partial charge in [-0.2, -0.15) is 5.26 Å². The molecular formula is C17H15FN2O3. The van der Waals surface area contributed by atoms with E-state index < -0.39 is 17.8 Å². The molecule has 0 saturated heterocycles. The molecule has 2 N–H and O–H groups in total. The van der Waals surface area contributed by atoms with Crippen LogP contribution in [-0.4, -0.2) is 18.1 Å². The van der Waals surface area contributed by atoms with Crippen molar-refractivity contribution in [2.75, 3.05) is 7.11 Å². The van der Waals surface area contributed by atoms with E-state index in [9.17, 15) is 14.3 Å². The Balaban J connectivity index is 2.03. The summed E-state index contributed by atoms with van der Waals surface area (Å²) in [6.45, 7) is -0.0859. The van der Waals surface area contributed by atoms with Crippen LogP contribution in [0, 0.1) is 17.1 Å². The highest BCUT2D eigenvalue weighted by Crippen LogP contribution is 2.19. The van der Waals surface area contributed by atoms with Gasteiger partial charge in [-0.05, 0) is 29.8 Å². The van der Waals surface area contributed by atoms with Gasteiger partial charge in [0.1, 0.15) is 11.6 Å². The van der Waals surface area contributed by atoms with Crippen LogP contribution >= 0.6 is 0 Å². The van der Waals surface area contributed by atoms with E-state index in [0.29, 0.717) is 11.3 Å². The number of hydrogen-bond donors (Lipinski definition) is 2. The van der Waals surface area contributed by atoms with E-state index in [-0.39, 0.29) is 17.7 Å². The van der Waals surface area contributed by atoms with Gasteiger partial charge < -0.3 is 15.2 Å². The highest BCUT2D eigenvalue weighted by Gasteiger charge is 2.18. The van der Waals surface area contributed by atoms with Crippen molar-refractivity contribution in [2.45, 2.75) is 12.6 Å². The van der Waals surface area contributed by atoms with Crippen LogP contribution in [0.1, 0.15) is 22.8 Å². The van der Waals surface area contributed by atoms with Crippen molar-refractivity contribution in [1.29, 1.82) is 5.26 Å². The highest BCUT2D eigenvalue weighted by molar-refractivity contribution is 5.82. The first-order valence-corrected chi connectivity index (χ1v) is 6.83. The Labute approximate surface area is 132 Å². The molecule has 1 amide bonds. The Morgan fingerprint density at radius 3 is 2.83 bits per heavy atom. The van der Waals surface area contributed by atoms with Crippen molar-refractivity contribution in [3.63, 3.8) is 0 Å².